The van der Waals surface area contributed by atoms with Gasteiger partial charge in [-0.25, -0.2) is 9.29 Å². The molecule has 10 nitrogen and oxygen atoms in total. The molecule has 1 saturated carbocycles. The van der Waals surface area contributed by atoms with Gasteiger partial charge in [0.1, 0.15) is 23.1 Å². The predicted octanol–water partition coefficient (Wildman–Crippen LogP) is 3.50. The first-order valence-electron chi connectivity index (χ1n) is 12.6. The van der Waals surface area contributed by atoms with Gasteiger partial charge >= 0.3 is 0 Å². The van der Waals surface area contributed by atoms with Gasteiger partial charge in [-0.2, -0.15) is 5.06 Å². The fraction of sp³-hybridized carbons (Fsp3) is 0.357. The van der Waals surface area contributed by atoms with Gasteiger partial charge in [-0.1, -0.05) is 11.6 Å². The van der Waals surface area contributed by atoms with E-state index in [1.807, 2.05) is 0 Å². The van der Waals surface area contributed by atoms with E-state index in [0.717, 1.165) is 17.0 Å². The molecule has 0 spiro atoms. The van der Waals surface area contributed by atoms with Gasteiger partial charge in [-0.15, -0.1) is 23.2 Å². The second-order valence-electron chi connectivity index (χ2n) is 10.5. The number of hydrogen-bond donors (Lipinski definition) is 2. The number of anilines is 1. The van der Waals surface area contributed by atoms with Crippen molar-refractivity contribution in [3.63, 3.8) is 0 Å². The Bertz CT molecular complexity index is 1560. The molecule has 0 radical (unpaired) electrons. The van der Waals surface area contributed by atoms with Gasteiger partial charge in [0.25, 0.3) is 23.6 Å². The van der Waals surface area contributed by atoms with Gasteiger partial charge in [0.15, 0.2) is 9.75 Å². The number of fused-ring (bicyclic) bond motifs is 4. The average molecular weight is 605 g/mol. The minimum absolute atomic E-state index is 0.0162. The molecular weight excluding hydrogens is 582 g/mol. The van der Waals surface area contributed by atoms with E-state index in [-0.39, 0.29) is 46.4 Å². The van der Waals surface area contributed by atoms with Crippen molar-refractivity contribution in [2.24, 2.45) is 17.8 Å². The zero-order valence-corrected chi connectivity index (χ0v) is 23.1. The molecule has 6 rings (SSSR count). The van der Waals surface area contributed by atoms with Gasteiger partial charge in [0.05, 0.1) is 31.7 Å². The van der Waals surface area contributed by atoms with Gasteiger partial charge in [-0.3, -0.25) is 24.4 Å². The summed E-state index contributed by atoms with van der Waals surface area (Å²) < 4.78 is 24.5. The first-order chi connectivity index (χ1) is 19.4. The summed E-state index contributed by atoms with van der Waals surface area (Å²) in [6.45, 7) is 0. The van der Waals surface area contributed by atoms with Gasteiger partial charge in [0.2, 0.25) is 0 Å². The highest BCUT2D eigenvalue weighted by molar-refractivity contribution is 6.58. The number of imide groups is 2. The molecule has 41 heavy (non-hydrogen) atoms. The quantitative estimate of drug-likeness (QED) is 0.234. The number of rotatable bonds is 4. The van der Waals surface area contributed by atoms with E-state index in [9.17, 15) is 33.9 Å². The highest BCUT2D eigenvalue weighted by Crippen LogP contribution is 2.67. The van der Waals surface area contributed by atoms with Crippen LogP contribution in [0, 0.1) is 23.6 Å². The van der Waals surface area contributed by atoms with Crippen molar-refractivity contribution in [1.82, 2.24) is 5.06 Å². The highest BCUT2D eigenvalue weighted by atomic mass is 35.5. The molecule has 2 heterocycles. The molecule has 0 bridgehead atoms. The first-order valence-corrected chi connectivity index (χ1v) is 13.4. The Hall–Kier alpha value is -3.67. The Morgan fingerprint density at radius 2 is 1.66 bits per heavy atom. The zero-order chi connectivity index (χ0) is 29.6. The van der Waals surface area contributed by atoms with Gasteiger partial charge in [-0.05, 0) is 43.0 Å². The number of halogens is 3. The molecule has 13 heteroatoms. The number of carbonyl (C=O) groups is 4. The number of allylic oxidation sites excluding steroid dienone is 2. The number of benzene rings is 2. The molecule has 2 aliphatic heterocycles. The number of methoxy groups -OCH3 is 2. The average Bonchev–Trinajstić information content (AvgIpc) is 3.26. The van der Waals surface area contributed by atoms with E-state index in [4.69, 9.17) is 32.7 Å². The number of hydroxylamine groups is 2. The molecule has 3 fully saturated rings. The van der Waals surface area contributed by atoms with Crippen LogP contribution in [0.1, 0.15) is 24.3 Å². The summed E-state index contributed by atoms with van der Waals surface area (Å²) in [7, 11) is 2.71. The number of hydrogen-bond acceptors (Lipinski definition) is 8. The molecule has 6 atom stereocenters. The molecule has 2 aliphatic carbocycles. The lowest BCUT2D eigenvalue weighted by Crippen LogP contribution is -2.60. The highest BCUT2D eigenvalue weighted by Gasteiger charge is 2.77. The monoisotopic (exact) mass is 604 g/mol. The van der Waals surface area contributed by atoms with Crippen LogP contribution in [0.5, 0.6) is 17.2 Å². The lowest BCUT2D eigenvalue weighted by molar-refractivity contribution is -0.173. The standard InChI is InChI=1S/C28H23Cl2FN2O8/c1-40-14-9-18(34)21(19(10-14)41-2)22-15-7-8-16-20(24(36)33(39)23(16)35)17(15)11-27(29)25(37)32(26(38)28(22,27)30)13-5-3-12(31)4-6-13/h3-7,9-10,16-17,20,22,34,39H,8,11H2,1-2H3. The number of nitrogens with zero attached hydrogens (tertiary/aromatic N) is 2. The van der Waals surface area contributed by atoms with Crippen molar-refractivity contribution in [2.75, 3.05) is 19.1 Å². The van der Waals surface area contributed by atoms with Crippen molar-refractivity contribution in [2.45, 2.75) is 28.5 Å². The summed E-state index contributed by atoms with van der Waals surface area (Å²) in [5.74, 6) is -8.46. The summed E-state index contributed by atoms with van der Waals surface area (Å²) in [5.41, 5.74) is 0.418. The van der Waals surface area contributed by atoms with Crippen molar-refractivity contribution in [3.8, 4) is 17.2 Å². The van der Waals surface area contributed by atoms with E-state index in [0.29, 0.717) is 5.57 Å². The lowest BCUT2D eigenvalue weighted by Gasteiger charge is -2.50. The molecule has 4 amide bonds. The second-order valence-corrected chi connectivity index (χ2v) is 11.7. The number of amides is 4. The Morgan fingerprint density at radius 3 is 2.29 bits per heavy atom. The summed E-state index contributed by atoms with van der Waals surface area (Å²) in [5, 5.41) is 21.5. The Labute approximate surface area is 242 Å². The Morgan fingerprint density at radius 1 is 0.976 bits per heavy atom. The van der Waals surface area contributed by atoms with Crippen LogP contribution in [0.4, 0.5) is 10.1 Å². The maximum Gasteiger partial charge on any atom is 0.258 e. The van der Waals surface area contributed by atoms with Crippen molar-refractivity contribution in [1.29, 1.82) is 0 Å². The predicted molar refractivity (Wildman–Crippen MR) is 141 cm³/mol. The van der Waals surface area contributed by atoms with Crippen LogP contribution in [-0.4, -0.2) is 63.0 Å². The minimum Gasteiger partial charge on any atom is -0.507 e. The number of phenols is 1. The third-order valence-corrected chi connectivity index (χ3v) is 10.1. The van der Waals surface area contributed by atoms with E-state index in [1.54, 1.807) is 6.08 Å². The molecule has 2 saturated heterocycles. The van der Waals surface area contributed by atoms with E-state index < -0.39 is 62.9 Å². The SMILES string of the molecule is COc1cc(O)c(C2C3=CCC4C(=O)N(O)C(=O)C4C3CC3(Cl)C(=O)N(c4ccc(F)cc4)C(=O)C23Cl)c(OC)c1. The number of carbonyl (C=O) groups excluding carboxylic acids is 4. The Kier molecular flexibility index (Phi) is 6.15. The maximum atomic E-state index is 14.3. The number of phenolic OH excluding ortho intramolecular Hbond substituents is 1. The molecule has 2 aromatic carbocycles. The molecule has 0 aromatic heterocycles. The normalized spacial score (nSPS) is 32.5. The summed E-state index contributed by atoms with van der Waals surface area (Å²) in [6, 6.07) is 7.34. The topological polar surface area (TPSA) is 134 Å². The second kappa shape index (κ2) is 9.17. The summed E-state index contributed by atoms with van der Waals surface area (Å²) in [6.07, 6.45) is 1.33. The third-order valence-electron chi connectivity index (χ3n) is 8.71. The van der Waals surface area contributed by atoms with E-state index in [2.05, 4.69) is 0 Å². The smallest absolute Gasteiger partial charge is 0.258 e. The van der Waals surface area contributed by atoms with Crippen LogP contribution in [0.3, 0.4) is 0 Å². The molecular formula is C28H23Cl2FN2O8. The summed E-state index contributed by atoms with van der Waals surface area (Å²) >= 11 is 14.5. The maximum absolute atomic E-state index is 14.3. The van der Waals surface area contributed by atoms with E-state index in [1.165, 1.54) is 38.5 Å². The minimum atomic E-state index is -2.26. The van der Waals surface area contributed by atoms with Crippen molar-refractivity contribution in [3.05, 3.63) is 59.4 Å². The first kappa shape index (κ1) is 27.5. The molecule has 6 unspecified atom stereocenters. The fourth-order valence-electron chi connectivity index (χ4n) is 6.86. The lowest BCUT2D eigenvalue weighted by atomic mass is 9.56. The van der Waals surface area contributed by atoms with Crippen LogP contribution in [0.25, 0.3) is 0 Å². The van der Waals surface area contributed by atoms with Crippen molar-refractivity contribution >= 4 is 52.5 Å². The molecule has 214 valence electrons. The third kappa shape index (κ3) is 3.45. The van der Waals surface area contributed by atoms with Crippen LogP contribution in [-0.2, 0) is 19.2 Å². The number of aromatic hydroxyl groups is 1. The van der Waals surface area contributed by atoms with Crippen LogP contribution in [0.2, 0.25) is 0 Å². The Balaban J connectivity index is 1.62. The summed E-state index contributed by atoms with van der Waals surface area (Å²) in [4.78, 5) is 50.5. The largest absolute Gasteiger partial charge is 0.507 e. The molecule has 2 aromatic rings. The molecule has 2 N–H and O–H groups in total. The van der Waals surface area contributed by atoms with Crippen LogP contribution < -0.4 is 14.4 Å². The van der Waals surface area contributed by atoms with Crippen LogP contribution >= 0.6 is 23.2 Å². The number of ether oxygens (including phenoxy) is 2. The van der Waals surface area contributed by atoms with Gasteiger partial charge < -0.3 is 14.6 Å². The van der Waals surface area contributed by atoms with Crippen molar-refractivity contribution < 1.29 is 43.4 Å². The zero-order valence-electron chi connectivity index (χ0n) is 21.6. The fourth-order valence-corrected chi connectivity index (χ4v) is 7.78. The van der Waals surface area contributed by atoms with Crippen LogP contribution in [0.15, 0.2) is 48.0 Å². The van der Waals surface area contributed by atoms with Gasteiger partial charge in [0, 0.05) is 23.6 Å². The number of alkyl halides is 2. The molecule has 4 aliphatic rings. The van der Waals surface area contributed by atoms with E-state index >= 15 is 0 Å².